The molecule has 0 atom stereocenters. The number of nitrogens with zero attached hydrogens (tertiary/aromatic N) is 2. The second-order valence-corrected chi connectivity index (χ2v) is 7.01. The van der Waals surface area contributed by atoms with Crippen molar-refractivity contribution in [1.82, 2.24) is 9.55 Å². The van der Waals surface area contributed by atoms with Crippen molar-refractivity contribution in [2.24, 2.45) is 0 Å². The van der Waals surface area contributed by atoms with Crippen LogP contribution in [0.3, 0.4) is 0 Å². The number of imidazole rings is 1. The second kappa shape index (κ2) is 4.88. The fourth-order valence-electron chi connectivity index (χ4n) is 2.65. The maximum Gasteiger partial charge on any atom is 0.145 e. The van der Waals surface area contributed by atoms with Crippen LogP contribution in [0.4, 0.5) is 0 Å². The molecule has 4 rings (SSSR count). The van der Waals surface area contributed by atoms with Gasteiger partial charge in [-0.2, -0.15) is 0 Å². The summed E-state index contributed by atoms with van der Waals surface area (Å²) >= 11 is 8.33. The molecule has 1 saturated carbocycles. The summed E-state index contributed by atoms with van der Waals surface area (Å²) in [6.07, 6.45) is 2.32. The molecule has 1 aliphatic carbocycles. The van der Waals surface area contributed by atoms with Crippen LogP contribution in [0.5, 0.6) is 5.75 Å². The average Bonchev–Trinajstić information content (AvgIpc) is 3.22. The van der Waals surface area contributed by atoms with Crippen molar-refractivity contribution in [1.29, 1.82) is 0 Å². The number of benzene rings is 2. The number of rotatable bonds is 2. The summed E-state index contributed by atoms with van der Waals surface area (Å²) in [5.41, 5.74) is 2.74. The highest BCUT2D eigenvalue weighted by molar-refractivity contribution is 14.1. The predicted octanol–water partition coefficient (Wildman–Crippen LogP) is 5.00. The molecule has 5 heteroatoms. The van der Waals surface area contributed by atoms with E-state index < -0.39 is 0 Å². The Morgan fingerprint density at radius 1 is 1.19 bits per heavy atom. The van der Waals surface area contributed by atoms with Gasteiger partial charge in [0.1, 0.15) is 11.6 Å². The van der Waals surface area contributed by atoms with Gasteiger partial charge in [-0.1, -0.05) is 11.6 Å². The molecule has 1 heterocycles. The Morgan fingerprint density at radius 2 is 2.00 bits per heavy atom. The Kier molecular flexibility index (Phi) is 3.11. The smallest absolute Gasteiger partial charge is 0.145 e. The maximum absolute atomic E-state index is 10.2. The first-order valence-electron chi connectivity index (χ1n) is 6.80. The van der Waals surface area contributed by atoms with Crippen molar-refractivity contribution >= 4 is 45.2 Å². The highest BCUT2D eigenvalue weighted by Crippen LogP contribution is 2.43. The molecular formula is C16H12ClIN2O. The third-order valence-corrected chi connectivity index (χ3v) is 4.67. The van der Waals surface area contributed by atoms with Gasteiger partial charge in [-0.25, -0.2) is 4.98 Å². The summed E-state index contributed by atoms with van der Waals surface area (Å²) < 4.78 is 3.31. The Hall–Kier alpha value is -1.27. The molecule has 2 aromatic carbocycles. The molecule has 3 aromatic rings. The average molecular weight is 411 g/mol. The summed E-state index contributed by atoms with van der Waals surface area (Å²) in [5.74, 6) is 1.09. The Bertz CT molecular complexity index is 855. The summed E-state index contributed by atoms with van der Waals surface area (Å²) in [5, 5.41) is 10.9. The number of phenolic OH excluding ortho intramolecular Hbond substituents is 1. The van der Waals surface area contributed by atoms with Crippen LogP contribution >= 0.6 is 34.2 Å². The van der Waals surface area contributed by atoms with Crippen molar-refractivity contribution in [2.45, 2.75) is 18.9 Å². The van der Waals surface area contributed by atoms with Crippen molar-refractivity contribution in [3.05, 3.63) is 45.0 Å². The Balaban J connectivity index is 2.03. The van der Waals surface area contributed by atoms with E-state index in [2.05, 4.69) is 27.2 Å². The van der Waals surface area contributed by atoms with Gasteiger partial charge in [-0.3, -0.25) is 0 Å². The lowest BCUT2D eigenvalue weighted by atomic mass is 10.2. The summed E-state index contributed by atoms with van der Waals surface area (Å²) in [6.45, 7) is 0. The van der Waals surface area contributed by atoms with E-state index in [0.717, 1.165) is 38.8 Å². The predicted molar refractivity (Wildman–Crippen MR) is 92.8 cm³/mol. The zero-order valence-corrected chi connectivity index (χ0v) is 14.0. The van der Waals surface area contributed by atoms with Gasteiger partial charge in [0.05, 0.1) is 16.6 Å². The van der Waals surface area contributed by atoms with Crippen molar-refractivity contribution in [3.8, 4) is 17.1 Å². The minimum absolute atomic E-state index is 0.263. The van der Waals surface area contributed by atoms with Crippen LogP contribution in [-0.2, 0) is 0 Å². The van der Waals surface area contributed by atoms with E-state index >= 15 is 0 Å². The van der Waals surface area contributed by atoms with E-state index in [0.29, 0.717) is 11.1 Å². The highest BCUT2D eigenvalue weighted by Gasteiger charge is 2.29. The third kappa shape index (κ3) is 2.30. The molecule has 0 radical (unpaired) electrons. The van der Waals surface area contributed by atoms with Gasteiger partial charge in [0.25, 0.3) is 0 Å². The number of halogens is 2. The molecule has 1 fully saturated rings. The minimum atomic E-state index is 0.263. The van der Waals surface area contributed by atoms with Gasteiger partial charge in [-0.15, -0.1) is 0 Å². The molecule has 0 saturated heterocycles. The molecular weight excluding hydrogens is 399 g/mol. The van der Waals surface area contributed by atoms with E-state index in [1.807, 2.05) is 30.3 Å². The maximum atomic E-state index is 10.2. The number of aromatic nitrogens is 2. The molecule has 0 bridgehead atoms. The fourth-order valence-corrected chi connectivity index (χ4v) is 3.31. The molecule has 106 valence electrons. The lowest BCUT2D eigenvalue weighted by molar-refractivity contribution is 0.476. The van der Waals surface area contributed by atoms with Crippen molar-refractivity contribution in [3.63, 3.8) is 0 Å². The van der Waals surface area contributed by atoms with Crippen LogP contribution in [0.15, 0.2) is 36.4 Å². The van der Waals surface area contributed by atoms with E-state index in [1.54, 1.807) is 6.07 Å². The van der Waals surface area contributed by atoms with Gasteiger partial charge >= 0.3 is 0 Å². The van der Waals surface area contributed by atoms with Crippen LogP contribution < -0.4 is 0 Å². The monoisotopic (exact) mass is 410 g/mol. The number of hydrogen-bond donors (Lipinski definition) is 1. The molecule has 0 spiro atoms. The van der Waals surface area contributed by atoms with E-state index in [-0.39, 0.29) is 5.75 Å². The third-order valence-electron chi connectivity index (χ3n) is 3.76. The molecule has 0 unspecified atom stereocenters. The zero-order chi connectivity index (χ0) is 14.6. The van der Waals surface area contributed by atoms with E-state index in [1.165, 1.54) is 0 Å². The first-order valence-corrected chi connectivity index (χ1v) is 8.25. The fraction of sp³-hybridized carbons (Fsp3) is 0.188. The lowest BCUT2D eigenvalue weighted by Crippen LogP contribution is -1.97. The standard InChI is InChI=1S/C16H12ClIN2O/c17-9-1-5-14-13(7-9)19-16(20(14)11-3-4-11)12-8-10(18)2-6-15(12)21/h1-2,5-8,11,21H,3-4H2. The molecule has 1 aliphatic rings. The number of aromatic hydroxyl groups is 1. The number of phenols is 1. The molecule has 1 aromatic heterocycles. The largest absolute Gasteiger partial charge is 0.507 e. The number of hydrogen-bond acceptors (Lipinski definition) is 2. The van der Waals surface area contributed by atoms with Gasteiger partial charge in [-0.05, 0) is 71.8 Å². The normalized spacial score (nSPS) is 14.8. The van der Waals surface area contributed by atoms with Crippen molar-refractivity contribution in [2.75, 3.05) is 0 Å². The van der Waals surface area contributed by atoms with Gasteiger partial charge in [0.15, 0.2) is 0 Å². The van der Waals surface area contributed by atoms with E-state index in [4.69, 9.17) is 16.6 Å². The molecule has 0 amide bonds. The lowest BCUT2D eigenvalue weighted by Gasteiger charge is -2.09. The van der Waals surface area contributed by atoms with Gasteiger partial charge in [0.2, 0.25) is 0 Å². The second-order valence-electron chi connectivity index (χ2n) is 5.33. The van der Waals surface area contributed by atoms with Crippen molar-refractivity contribution < 1.29 is 5.11 Å². The van der Waals surface area contributed by atoms with Gasteiger partial charge < -0.3 is 9.67 Å². The zero-order valence-electron chi connectivity index (χ0n) is 11.1. The van der Waals surface area contributed by atoms with E-state index in [9.17, 15) is 5.11 Å². The Morgan fingerprint density at radius 3 is 2.76 bits per heavy atom. The quantitative estimate of drug-likeness (QED) is 0.604. The number of fused-ring (bicyclic) bond motifs is 1. The van der Waals surface area contributed by atoms with Crippen LogP contribution in [0, 0.1) is 3.57 Å². The van der Waals surface area contributed by atoms with Crippen LogP contribution in [0.2, 0.25) is 5.02 Å². The first-order chi connectivity index (χ1) is 10.1. The first kappa shape index (κ1) is 13.4. The SMILES string of the molecule is Oc1ccc(I)cc1-c1nc2cc(Cl)ccc2n1C1CC1. The van der Waals surface area contributed by atoms with Crippen LogP contribution in [0.25, 0.3) is 22.4 Å². The topological polar surface area (TPSA) is 38.1 Å². The summed E-state index contributed by atoms with van der Waals surface area (Å²) in [6, 6.07) is 11.8. The summed E-state index contributed by atoms with van der Waals surface area (Å²) in [4.78, 5) is 4.72. The summed E-state index contributed by atoms with van der Waals surface area (Å²) in [7, 11) is 0. The minimum Gasteiger partial charge on any atom is -0.507 e. The molecule has 21 heavy (non-hydrogen) atoms. The Labute approximate surface area is 140 Å². The molecule has 1 N–H and O–H groups in total. The van der Waals surface area contributed by atoms with Crippen LogP contribution in [0.1, 0.15) is 18.9 Å². The molecule has 3 nitrogen and oxygen atoms in total. The molecule has 0 aliphatic heterocycles. The van der Waals surface area contributed by atoms with Crippen LogP contribution in [-0.4, -0.2) is 14.7 Å². The highest BCUT2D eigenvalue weighted by atomic mass is 127. The van der Waals surface area contributed by atoms with Gasteiger partial charge in [0, 0.05) is 14.6 Å².